The smallest absolute Gasteiger partial charge is 0.326 e. The van der Waals surface area contributed by atoms with Crippen LogP contribution in [0.3, 0.4) is 0 Å². The second-order valence-corrected chi connectivity index (χ2v) is 6.91. The van der Waals surface area contributed by atoms with Crippen molar-refractivity contribution in [1.29, 1.82) is 0 Å². The minimum atomic E-state index is -0.554. The van der Waals surface area contributed by atoms with Gasteiger partial charge in [-0.2, -0.15) is 19.6 Å². The highest BCUT2D eigenvalue weighted by Gasteiger charge is 2.10. The standard InChI is InChI=1S/C19H18ClFN8O3/c1-2-32-6-5-22-18-28-17(24-11-3-4-13(21)12(20)8-11)26-15-10(9-23-29(15)18)7-14-16(30)27-19(31)25-14/h3-4,7-9,30H,2,5-6H2,1H3,(H,22,24,28)(H2,25,27,31)/b10-7+. The minimum absolute atomic E-state index is 0.0528. The first-order valence-electron chi connectivity index (χ1n) is 9.53. The molecule has 0 saturated heterocycles. The van der Waals surface area contributed by atoms with E-state index in [2.05, 4.69) is 35.3 Å². The molecule has 0 amide bonds. The zero-order valence-electron chi connectivity index (χ0n) is 16.8. The van der Waals surface area contributed by atoms with Crippen LogP contribution in [0.25, 0.3) is 11.7 Å². The van der Waals surface area contributed by atoms with Crippen LogP contribution in [0, 0.1) is 5.82 Å². The molecule has 11 nitrogen and oxygen atoms in total. The molecular formula is C19H18ClFN8O3. The molecule has 32 heavy (non-hydrogen) atoms. The lowest BCUT2D eigenvalue weighted by Crippen LogP contribution is -2.24. The lowest BCUT2D eigenvalue weighted by Gasteiger charge is -2.06. The number of hydrogen-bond donors (Lipinski definition) is 4. The van der Waals surface area contributed by atoms with Gasteiger partial charge in [-0.3, -0.25) is 4.98 Å². The van der Waals surface area contributed by atoms with Gasteiger partial charge in [-0.15, -0.1) is 0 Å². The number of aromatic amines is 2. The van der Waals surface area contributed by atoms with Gasteiger partial charge < -0.3 is 20.1 Å². The summed E-state index contributed by atoms with van der Waals surface area (Å²) < 4.78 is 20.2. The van der Waals surface area contributed by atoms with E-state index in [1.54, 1.807) is 0 Å². The summed E-state index contributed by atoms with van der Waals surface area (Å²) in [7, 11) is 0. The molecule has 166 valence electrons. The summed E-state index contributed by atoms with van der Waals surface area (Å²) in [4.78, 5) is 29.4. The Kier molecular flexibility index (Phi) is 6.14. The monoisotopic (exact) mass is 460 g/mol. The maximum atomic E-state index is 13.5. The second kappa shape index (κ2) is 9.16. The number of nitrogens with one attached hydrogen (secondary N) is 3. The molecule has 0 unspecified atom stereocenters. The Bertz CT molecular complexity index is 1450. The van der Waals surface area contributed by atoms with Gasteiger partial charge in [0.1, 0.15) is 11.5 Å². The molecule has 0 aliphatic carbocycles. The first kappa shape index (κ1) is 21.5. The number of nitrogens with zero attached hydrogens (tertiary/aromatic N) is 5. The molecule has 0 saturated carbocycles. The van der Waals surface area contributed by atoms with Crippen LogP contribution in [-0.4, -0.2) is 54.4 Å². The van der Waals surface area contributed by atoms with Crippen LogP contribution < -0.4 is 21.8 Å². The summed E-state index contributed by atoms with van der Waals surface area (Å²) in [5, 5.41) is 17.5. The third kappa shape index (κ3) is 4.60. The van der Waals surface area contributed by atoms with Crippen molar-refractivity contribution in [2.45, 2.75) is 6.92 Å². The summed E-state index contributed by atoms with van der Waals surface area (Å²) >= 11 is 5.86. The zero-order chi connectivity index (χ0) is 22.7. The van der Waals surface area contributed by atoms with Crippen molar-refractivity contribution in [3.63, 3.8) is 0 Å². The van der Waals surface area contributed by atoms with Crippen molar-refractivity contribution in [2.24, 2.45) is 4.99 Å². The Morgan fingerprint density at radius 2 is 2.22 bits per heavy atom. The van der Waals surface area contributed by atoms with Gasteiger partial charge in [0.2, 0.25) is 11.8 Å². The molecule has 4 rings (SSSR count). The second-order valence-electron chi connectivity index (χ2n) is 6.50. The Labute approximate surface area is 184 Å². The number of aromatic hydroxyl groups is 1. The fraction of sp³-hybridized carbons (Fsp3) is 0.211. The number of aromatic nitrogens is 6. The van der Waals surface area contributed by atoms with E-state index in [9.17, 15) is 14.3 Å². The van der Waals surface area contributed by atoms with Crippen LogP contribution >= 0.6 is 11.6 Å². The third-order valence-electron chi connectivity index (χ3n) is 4.28. The molecule has 3 aromatic heterocycles. The molecule has 0 aliphatic heterocycles. The van der Waals surface area contributed by atoms with Gasteiger partial charge >= 0.3 is 5.69 Å². The van der Waals surface area contributed by atoms with E-state index in [4.69, 9.17) is 16.3 Å². The molecule has 0 aliphatic rings. The highest BCUT2D eigenvalue weighted by atomic mass is 35.5. The molecule has 0 bridgehead atoms. The van der Waals surface area contributed by atoms with Crippen molar-refractivity contribution in [3.8, 4) is 5.88 Å². The van der Waals surface area contributed by atoms with Gasteiger partial charge in [0.15, 0.2) is 5.65 Å². The summed E-state index contributed by atoms with van der Waals surface area (Å²) in [5.41, 5.74) is 0.683. The highest BCUT2D eigenvalue weighted by molar-refractivity contribution is 6.31. The fourth-order valence-corrected chi connectivity index (χ4v) is 3.03. The Morgan fingerprint density at radius 1 is 1.38 bits per heavy atom. The number of halogens is 2. The van der Waals surface area contributed by atoms with Crippen LogP contribution in [0.15, 0.2) is 34.2 Å². The maximum Gasteiger partial charge on any atom is 0.326 e. The summed E-state index contributed by atoms with van der Waals surface area (Å²) in [6.07, 6.45) is 3.00. The van der Waals surface area contributed by atoms with Gasteiger partial charge in [0.25, 0.3) is 5.62 Å². The molecule has 13 heteroatoms. The van der Waals surface area contributed by atoms with Crippen LogP contribution in [0.2, 0.25) is 5.02 Å². The Hall–Kier alpha value is -3.77. The average Bonchev–Trinajstić information content (AvgIpc) is 3.30. The number of imidazole rings is 1. The normalized spacial score (nSPS) is 12.7. The van der Waals surface area contributed by atoms with Crippen molar-refractivity contribution >= 4 is 35.0 Å². The maximum absolute atomic E-state index is 13.5. The predicted molar refractivity (Wildman–Crippen MR) is 114 cm³/mol. The first-order chi connectivity index (χ1) is 15.4. The largest absolute Gasteiger partial charge is 0.493 e. The molecule has 4 aromatic rings. The molecule has 0 atom stereocenters. The van der Waals surface area contributed by atoms with E-state index in [0.29, 0.717) is 36.3 Å². The number of fused-ring (bicyclic) bond motifs is 1. The number of ether oxygens (including phenoxy) is 1. The van der Waals surface area contributed by atoms with E-state index >= 15 is 0 Å². The van der Waals surface area contributed by atoms with Crippen molar-refractivity contribution in [1.82, 2.24) is 29.5 Å². The summed E-state index contributed by atoms with van der Waals surface area (Å²) in [5.74, 6) is -0.699. The molecule has 0 spiro atoms. The average molecular weight is 461 g/mol. The molecule has 1 aromatic carbocycles. The van der Waals surface area contributed by atoms with Gasteiger partial charge in [0, 0.05) is 17.5 Å². The van der Waals surface area contributed by atoms with Gasteiger partial charge in [-0.25, -0.2) is 14.2 Å². The van der Waals surface area contributed by atoms with Gasteiger partial charge in [0.05, 0.1) is 24.4 Å². The molecule has 4 N–H and O–H groups in total. The first-order valence-corrected chi connectivity index (χ1v) is 9.91. The fourth-order valence-electron chi connectivity index (χ4n) is 2.85. The van der Waals surface area contributed by atoms with E-state index in [-0.39, 0.29) is 28.2 Å². The molecule has 3 heterocycles. The van der Waals surface area contributed by atoms with Crippen molar-refractivity contribution < 1.29 is 14.2 Å². The lowest BCUT2D eigenvalue weighted by atomic mass is 10.3. The Balaban J connectivity index is 1.83. The molecule has 0 radical (unpaired) electrons. The third-order valence-corrected chi connectivity index (χ3v) is 4.57. The summed E-state index contributed by atoms with van der Waals surface area (Å²) in [6, 6.07) is 4.12. The van der Waals surface area contributed by atoms with Crippen LogP contribution in [0.1, 0.15) is 12.6 Å². The Morgan fingerprint density at radius 3 is 2.94 bits per heavy atom. The number of rotatable bonds is 7. The lowest BCUT2D eigenvalue weighted by molar-refractivity contribution is 0.155. The van der Waals surface area contributed by atoms with Crippen molar-refractivity contribution in [2.75, 3.05) is 25.1 Å². The zero-order valence-corrected chi connectivity index (χ0v) is 17.5. The topological polar surface area (TPSA) is 146 Å². The van der Waals surface area contributed by atoms with E-state index in [0.717, 1.165) is 0 Å². The molecule has 0 fully saturated rings. The molecular weight excluding hydrogens is 443 g/mol. The SMILES string of the molecule is CCOCCN=c1nc(Nc2ccc(F)c(Cl)c2)nc2/c(=C/c3[nH]c(=O)[nH]c3O)cnn12. The summed E-state index contributed by atoms with van der Waals surface area (Å²) in [6.45, 7) is 3.19. The number of anilines is 2. The van der Waals surface area contributed by atoms with Crippen LogP contribution in [0.5, 0.6) is 5.88 Å². The highest BCUT2D eigenvalue weighted by Crippen LogP contribution is 2.21. The number of H-pyrrole nitrogens is 2. The van der Waals surface area contributed by atoms with Crippen LogP contribution in [-0.2, 0) is 4.74 Å². The van der Waals surface area contributed by atoms with E-state index in [1.165, 1.54) is 35.0 Å². The van der Waals surface area contributed by atoms with Crippen LogP contribution in [0.4, 0.5) is 16.0 Å². The van der Waals surface area contributed by atoms with E-state index < -0.39 is 11.5 Å². The number of hydrogen-bond acceptors (Lipinski definition) is 8. The van der Waals surface area contributed by atoms with Crippen molar-refractivity contribution in [3.05, 3.63) is 62.3 Å². The quantitative estimate of drug-likeness (QED) is 0.299. The number of benzene rings is 1. The van der Waals surface area contributed by atoms with Gasteiger partial charge in [-0.05, 0) is 31.2 Å². The predicted octanol–water partition coefficient (Wildman–Crippen LogP) is 0.867. The van der Waals surface area contributed by atoms with Gasteiger partial charge in [-0.1, -0.05) is 11.6 Å². The van der Waals surface area contributed by atoms with E-state index in [1.807, 2.05) is 6.92 Å². The minimum Gasteiger partial charge on any atom is -0.493 e.